The van der Waals surface area contributed by atoms with Gasteiger partial charge in [0.25, 0.3) is 5.91 Å². The Morgan fingerprint density at radius 3 is 2.70 bits per heavy atom. The molecule has 1 aliphatic rings. The predicted octanol–water partition coefficient (Wildman–Crippen LogP) is 3.49. The van der Waals surface area contributed by atoms with Crippen molar-refractivity contribution in [2.75, 3.05) is 6.61 Å². The molecule has 3 rings (SSSR count). The third-order valence-electron chi connectivity index (χ3n) is 4.84. The highest BCUT2D eigenvalue weighted by molar-refractivity contribution is 6.02. The Balaban J connectivity index is 1.81. The average molecular weight is 370 g/mol. The number of Topliss-reactive ketones (excluding diaryl/α,β-unsaturated/α-hetero) is 1. The molecule has 1 aliphatic heterocycles. The summed E-state index contributed by atoms with van der Waals surface area (Å²) < 4.78 is 11.6. The van der Waals surface area contributed by atoms with E-state index in [4.69, 9.17) is 9.47 Å². The van der Waals surface area contributed by atoms with Crippen LogP contribution in [0.5, 0.6) is 11.5 Å². The lowest BCUT2D eigenvalue weighted by atomic mass is 10.1. The van der Waals surface area contributed by atoms with Gasteiger partial charge in [0.1, 0.15) is 23.3 Å². The van der Waals surface area contributed by atoms with Crippen LogP contribution in [0.25, 0.3) is 0 Å². The molecule has 0 saturated carbocycles. The van der Waals surface area contributed by atoms with Crippen molar-refractivity contribution in [3.8, 4) is 11.5 Å². The predicted molar refractivity (Wildman–Crippen MR) is 103 cm³/mol. The van der Waals surface area contributed by atoms with Gasteiger partial charge in [0.2, 0.25) is 0 Å². The van der Waals surface area contributed by atoms with Crippen LogP contribution in [0, 0.1) is 13.8 Å². The van der Waals surface area contributed by atoms with Gasteiger partial charge in [-0.15, -0.1) is 0 Å². The van der Waals surface area contributed by atoms with Gasteiger partial charge in [-0.1, -0.05) is 0 Å². The van der Waals surface area contributed by atoms with Crippen LogP contribution < -0.4 is 14.8 Å². The fourth-order valence-corrected chi connectivity index (χ4v) is 3.68. The minimum absolute atomic E-state index is 0.0520. The molecule has 0 unspecified atom stereocenters. The number of aryl methyl sites for hydroxylation is 1. The molecule has 1 amide bonds. The number of hydrogen-bond donors (Lipinski definition) is 2. The van der Waals surface area contributed by atoms with Crippen LogP contribution in [0.4, 0.5) is 0 Å². The zero-order valence-corrected chi connectivity index (χ0v) is 16.5. The van der Waals surface area contributed by atoms with Crippen LogP contribution >= 0.6 is 0 Å². The van der Waals surface area contributed by atoms with Crippen LogP contribution in [0.1, 0.15) is 64.0 Å². The van der Waals surface area contributed by atoms with E-state index >= 15 is 0 Å². The normalized spacial score (nSPS) is 15.2. The first-order valence-corrected chi connectivity index (χ1v) is 9.25. The standard InChI is InChI=1S/C21H26N2O4/c1-6-26-17-8-15-7-11(2)27-18(15)9-16(17)10-22-21(25)20-12(3)19(14(5)24)13(4)23-20/h8-9,11,23H,6-7,10H2,1-5H3,(H,22,25)/t11-/m1/s1. The molecule has 0 fully saturated rings. The van der Waals surface area contributed by atoms with E-state index in [0.29, 0.717) is 35.7 Å². The lowest BCUT2D eigenvalue weighted by Crippen LogP contribution is -2.24. The van der Waals surface area contributed by atoms with Crippen molar-refractivity contribution in [2.24, 2.45) is 0 Å². The van der Waals surface area contributed by atoms with E-state index in [-0.39, 0.29) is 17.8 Å². The van der Waals surface area contributed by atoms with Crippen molar-refractivity contribution in [3.05, 3.63) is 45.8 Å². The quantitative estimate of drug-likeness (QED) is 0.763. The van der Waals surface area contributed by atoms with Crippen molar-refractivity contribution < 1.29 is 19.1 Å². The first-order chi connectivity index (χ1) is 12.8. The molecule has 27 heavy (non-hydrogen) atoms. The molecule has 0 bridgehead atoms. The third kappa shape index (κ3) is 3.70. The third-order valence-corrected chi connectivity index (χ3v) is 4.84. The maximum atomic E-state index is 12.7. The Kier molecular flexibility index (Phi) is 5.26. The molecule has 0 radical (unpaired) electrons. The van der Waals surface area contributed by atoms with Crippen LogP contribution in [0.15, 0.2) is 12.1 Å². The van der Waals surface area contributed by atoms with E-state index in [9.17, 15) is 9.59 Å². The molecule has 6 nitrogen and oxygen atoms in total. The van der Waals surface area contributed by atoms with Gasteiger partial charge >= 0.3 is 0 Å². The molecule has 0 aliphatic carbocycles. The summed E-state index contributed by atoms with van der Waals surface area (Å²) in [6.07, 6.45) is 1.01. The highest BCUT2D eigenvalue weighted by atomic mass is 16.5. The van der Waals surface area contributed by atoms with E-state index in [1.54, 1.807) is 13.8 Å². The Hall–Kier alpha value is -2.76. The number of amides is 1. The van der Waals surface area contributed by atoms with Gasteiger partial charge in [0.15, 0.2) is 5.78 Å². The molecule has 144 valence electrons. The fourth-order valence-electron chi connectivity index (χ4n) is 3.68. The van der Waals surface area contributed by atoms with Crippen molar-refractivity contribution in [1.82, 2.24) is 10.3 Å². The SMILES string of the molecule is CCOc1cc2c(cc1CNC(=O)c1[nH]c(C)c(C(C)=O)c1C)O[C@H](C)C2. The maximum Gasteiger partial charge on any atom is 0.268 e. The molecule has 0 saturated heterocycles. The number of hydrogen-bond acceptors (Lipinski definition) is 4. The second-order valence-corrected chi connectivity index (χ2v) is 7.00. The van der Waals surface area contributed by atoms with Gasteiger partial charge in [-0.3, -0.25) is 9.59 Å². The van der Waals surface area contributed by atoms with E-state index in [1.165, 1.54) is 6.92 Å². The van der Waals surface area contributed by atoms with Crippen molar-refractivity contribution in [1.29, 1.82) is 0 Å². The Morgan fingerprint density at radius 1 is 1.33 bits per heavy atom. The van der Waals surface area contributed by atoms with Crippen LogP contribution in [0.2, 0.25) is 0 Å². The van der Waals surface area contributed by atoms with Gasteiger partial charge in [-0.2, -0.15) is 0 Å². The summed E-state index contributed by atoms with van der Waals surface area (Å²) >= 11 is 0. The van der Waals surface area contributed by atoms with Crippen LogP contribution in [-0.4, -0.2) is 29.4 Å². The maximum absolute atomic E-state index is 12.7. The van der Waals surface area contributed by atoms with Gasteiger partial charge in [-0.25, -0.2) is 0 Å². The molecule has 0 spiro atoms. The number of carbonyl (C=O) groups excluding carboxylic acids is 2. The average Bonchev–Trinajstić information content (AvgIpc) is 3.10. The lowest BCUT2D eigenvalue weighted by Gasteiger charge is -2.13. The topological polar surface area (TPSA) is 80.4 Å². The Labute approximate surface area is 159 Å². The Morgan fingerprint density at radius 2 is 2.07 bits per heavy atom. The number of ketones is 1. The summed E-state index contributed by atoms with van der Waals surface area (Å²) in [5.41, 5.74) is 4.37. The number of rotatable bonds is 6. The van der Waals surface area contributed by atoms with E-state index in [0.717, 1.165) is 29.0 Å². The van der Waals surface area contributed by atoms with Crippen molar-refractivity contribution in [2.45, 2.75) is 53.7 Å². The molecule has 1 aromatic carbocycles. The largest absolute Gasteiger partial charge is 0.494 e. The molecular formula is C21H26N2O4. The van der Waals surface area contributed by atoms with Gasteiger partial charge in [0.05, 0.1) is 6.61 Å². The number of aromatic amines is 1. The monoisotopic (exact) mass is 370 g/mol. The molecular weight excluding hydrogens is 344 g/mol. The van der Waals surface area contributed by atoms with Crippen LogP contribution in [0.3, 0.4) is 0 Å². The fraction of sp³-hybridized carbons (Fsp3) is 0.429. The van der Waals surface area contributed by atoms with Crippen LogP contribution in [-0.2, 0) is 13.0 Å². The minimum Gasteiger partial charge on any atom is -0.494 e. The van der Waals surface area contributed by atoms with E-state index < -0.39 is 0 Å². The minimum atomic E-state index is -0.250. The smallest absolute Gasteiger partial charge is 0.268 e. The first kappa shape index (κ1) is 19.0. The summed E-state index contributed by atoms with van der Waals surface area (Å²) in [6, 6.07) is 3.94. The zero-order chi connectivity index (χ0) is 19.7. The molecule has 6 heteroatoms. The number of aromatic nitrogens is 1. The second-order valence-electron chi connectivity index (χ2n) is 7.00. The second kappa shape index (κ2) is 7.47. The zero-order valence-electron chi connectivity index (χ0n) is 16.5. The number of benzene rings is 1. The summed E-state index contributed by atoms with van der Waals surface area (Å²) in [7, 11) is 0. The number of fused-ring (bicyclic) bond motifs is 1. The summed E-state index contributed by atoms with van der Waals surface area (Å²) in [5, 5.41) is 2.92. The molecule has 2 heterocycles. The van der Waals surface area contributed by atoms with Gasteiger partial charge < -0.3 is 19.8 Å². The number of carbonyl (C=O) groups is 2. The van der Waals surface area contributed by atoms with Gasteiger partial charge in [0, 0.05) is 35.3 Å². The number of ether oxygens (including phenoxy) is 2. The van der Waals surface area contributed by atoms with E-state index in [2.05, 4.69) is 10.3 Å². The lowest BCUT2D eigenvalue weighted by molar-refractivity contribution is 0.0945. The van der Waals surface area contributed by atoms with Crippen molar-refractivity contribution in [3.63, 3.8) is 0 Å². The summed E-state index contributed by atoms with van der Waals surface area (Å²) in [5.74, 6) is 1.31. The van der Waals surface area contributed by atoms with E-state index in [1.807, 2.05) is 26.0 Å². The highest BCUT2D eigenvalue weighted by Gasteiger charge is 2.23. The van der Waals surface area contributed by atoms with Crippen molar-refractivity contribution >= 4 is 11.7 Å². The Bertz CT molecular complexity index is 898. The molecule has 1 atom stereocenters. The first-order valence-electron chi connectivity index (χ1n) is 9.25. The summed E-state index contributed by atoms with van der Waals surface area (Å²) in [4.78, 5) is 27.5. The van der Waals surface area contributed by atoms with Gasteiger partial charge in [-0.05, 0) is 52.3 Å². The highest BCUT2D eigenvalue weighted by Crippen LogP contribution is 2.35. The molecule has 1 aromatic heterocycles. The number of H-pyrrole nitrogens is 1. The molecule has 2 aromatic rings. The molecule has 2 N–H and O–H groups in total. The number of nitrogens with one attached hydrogen (secondary N) is 2. The summed E-state index contributed by atoms with van der Waals surface area (Å²) in [6.45, 7) is 9.91.